The maximum absolute atomic E-state index is 12.0. The Morgan fingerprint density at radius 3 is 2.80 bits per heavy atom. The number of morpholine rings is 1. The molecule has 132 valence electrons. The minimum Gasteiger partial charge on any atom is -0.459 e. The van der Waals surface area contributed by atoms with E-state index in [-0.39, 0.29) is 6.61 Å². The summed E-state index contributed by atoms with van der Waals surface area (Å²) in [5.41, 5.74) is -0.0705. The average molecular weight is 345 g/mol. The van der Waals surface area contributed by atoms with Crippen LogP contribution in [0.4, 0.5) is 0 Å². The van der Waals surface area contributed by atoms with Crippen LogP contribution in [0.25, 0.3) is 0 Å². The number of benzene rings is 1. The summed E-state index contributed by atoms with van der Waals surface area (Å²) in [4.78, 5) is 37.7. The summed E-state index contributed by atoms with van der Waals surface area (Å²) in [5.74, 6) is -0.427. The molecule has 1 aliphatic rings. The molecule has 25 heavy (non-hydrogen) atoms. The first-order chi connectivity index (χ1) is 12.0. The Hall–Kier alpha value is -2.71. The lowest BCUT2D eigenvalue weighted by molar-refractivity contribution is -0.0996. The van der Waals surface area contributed by atoms with Crippen molar-refractivity contribution < 1.29 is 14.3 Å². The van der Waals surface area contributed by atoms with Crippen LogP contribution in [0.2, 0.25) is 0 Å². The first-order valence-electron chi connectivity index (χ1n) is 7.95. The van der Waals surface area contributed by atoms with E-state index in [0.717, 1.165) is 0 Å². The van der Waals surface area contributed by atoms with Crippen molar-refractivity contribution in [1.82, 2.24) is 14.9 Å². The zero-order chi connectivity index (χ0) is 17.8. The zero-order valence-corrected chi connectivity index (χ0v) is 13.7. The van der Waals surface area contributed by atoms with E-state index in [9.17, 15) is 14.4 Å². The Labute approximate surface area is 143 Å². The molecule has 8 nitrogen and oxygen atoms in total. The van der Waals surface area contributed by atoms with Gasteiger partial charge in [0, 0.05) is 24.8 Å². The minimum atomic E-state index is -0.586. The summed E-state index contributed by atoms with van der Waals surface area (Å²) in [6.45, 7) is 2.59. The Morgan fingerprint density at radius 2 is 2.04 bits per heavy atom. The van der Waals surface area contributed by atoms with Crippen LogP contribution >= 0.6 is 0 Å². The molecule has 1 saturated heterocycles. The highest BCUT2D eigenvalue weighted by atomic mass is 16.6. The van der Waals surface area contributed by atoms with Crippen LogP contribution in [0.3, 0.4) is 0 Å². The number of aromatic amines is 1. The highest BCUT2D eigenvalue weighted by Gasteiger charge is 2.25. The van der Waals surface area contributed by atoms with Gasteiger partial charge in [-0.2, -0.15) is 0 Å². The normalized spacial score (nSPS) is 20.2. The predicted octanol–water partition coefficient (Wildman–Crippen LogP) is 0.189. The van der Waals surface area contributed by atoms with Gasteiger partial charge < -0.3 is 14.8 Å². The van der Waals surface area contributed by atoms with Gasteiger partial charge in [-0.25, -0.2) is 9.59 Å². The first kappa shape index (κ1) is 17.1. The van der Waals surface area contributed by atoms with E-state index in [2.05, 4.69) is 10.3 Å². The molecule has 0 radical (unpaired) electrons. The maximum Gasteiger partial charge on any atom is 0.338 e. The van der Waals surface area contributed by atoms with Crippen LogP contribution in [-0.4, -0.2) is 41.3 Å². The van der Waals surface area contributed by atoms with Gasteiger partial charge in [0.2, 0.25) is 0 Å². The number of aryl methyl sites for hydroxylation is 1. The summed E-state index contributed by atoms with van der Waals surface area (Å²) in [6, 6.07) is 8.69. The lowest BCUT2D eigenvalue weighted by Crippen LogP contribution is -2.48. The third kappa shape index (κ3) is 4.04. The van der Waals surface area contributed by atoms with Crippen LogP contribution in [0.15, 0.2) is 46.1 Å². The molecule has 2 N–H and O–H groups in total. The number of nitrogens with zero attached hydrogens (tertiary/aromatic N) is 1. The van der Waals surface area contributed by atoms with Gasteiger partial charge in [-0.1, -0.05) is 18.2 Å². The molecule has 0 saturated carbocycles. The Bertz CT molecular complexity index is 859. The summed E-state index contributed by atoms with van der Waals surface area (Å²) in [5, 5.41) is 3.14. The van der Waals surface area contributed by atoms with Crippen molar-refractivity contribution in [2.75, 3.05) is 19.7 Å². The molecule has 3 rings (SSSR count). The number of nitrogens with one attached hydrogen (secondary N) is 2. The fraction of sp³-hybridized carbons (Fsp3) is 0.353. The quantitative estimate of drug-likeness (QED) is 0.767. The van der Waals surface area contributed by atoms with Crippen LogP contribution in [0, 0.1) is 6.92 Å². The van der Waals surface area contributed by atoms with Gasteiger partial charge in [-0.05, 0) is 19.1 Å². The smallest absolute Gasteiger partial charge is 0.338 e. The number of esters is 1. The standard InChI is InChI=1S/C17H19N3O5/c1-11-9-20(17(23)19-15(11)21)14-8-18-7-13(25-14)10-24-16(22)12-5-3-2-4-6-12/h2-6,9,13-14,18H,7-8,10H2,1H3,(H,19,21,23)/t13-,14+/m0/s1. The molecule has 1 aliphatic heterocycles. The van der Waals surface area contributed by atoms with E-state index in [1.165, 1.54) is 10.8 Å². The largest absolute Gasteiger partial charge is 0.459 e. The molecular weight excluding hydrogens is 326 g/mol. The number of aromatic nitrogens is 2. The SMILES string of the molecule is Cc1cn([C@H]2CNC[C@@H](COC(=O)c3ccccc3)O2)c(=O)[nH]c1=O. The Balaban J connectivity index is 1.64. The summed E-state index contributed by atoms with van der Waals surface area (Å²) in [7, 11) is 0. The number of carbonyl (C=O) groups excluding carboxylic acids is 1. The second-order valence-corrected chi connectivity index (χ2v) is 5.81. The second kappa shape index (κ2) is 7.45. The van der Waals surface area contributed by atoms with Crippen LogP contribution in [0.5, 0.6) is 0 Å². The van der Waals surface area contributed by atoms with Crippen LogP contribution < -0.4 is 16.6 Å². The summed E-state index contributed by atoms with van der Waals surface area (Å²) >= 11 is 0. The molecule has 1 fully saturated rings. The third-order valence-electron chi connectivity index (χ3n) is 3.91. The highest BCUT2D eigenvalue weighted by molar-refractivity contribution is 5.89. The fourth-order valence-corrected chi connectivity index (χ4v) is 2.57. The molecule has 0 amide bonds. The van der Waals surface area contributed by atoms with E-state index in [0.29, 0.717) is 24.2 Å². The number of hydrogen-bond acceptors (Lipinski definition) is 6. The molecule has 1 aromatic heterocycles. The summed E-state index contributed by atoms with van der Waals surface area (Å²) in [6.07, 6.45) is 0.481. The molecule has 1 aromatic carbocycles. The van der Waals surface area contributed by atoms with Gasteiger partial charge in [0.25, 0.3) is 5.56 Å². The Kier molecular flexibility index (Phi) is 5.11. The van der Waals surface area contributed by atoms with Crippen molar-refractivity contribution in [2.24, 2.45) is 0 Å². The second-order valence-electron chi connectivity index (χ2n) is 5.81. The van der Waals surface area contributed by atoms with Crippen LogP contribution in [0.1, 0.15) is 22.1 Å². The predicted molar refractivity (Wildman–Crippen MR) is 89.6 cm³/mol. The molecule has 2 atom stereocenters. The van der Waals surface area contributed by atoms with Crippen molar-refractivity contribution in [3.63, 3.8) is 0 Å². The Morgan fingerprint density at radius 1 is 1.28 bits per heavy atom. The van der Waals surface area contributed by atoms with Crippen molar-refractivity contribution in [1.29, 1.82) is 0 Å². The number of ether oxygens (including phenoxy) is 2. The highest BCUT2D eigenvalue weighted by Crippen LogP contribution is 2.13. The van der Waals surface area contributed by atoms with Gasteiger partial charge in [0.15, 0.2) is 6.23 Å². The summed E-state index contributed by atoms with van der Waals surface area (Å²) < 4.78 is 12.4. The van der Waals surface area contributed by atoms with E-state index in [1.807, 2.05) is 6.07 Å². The molecule has 2 heterocycles. The topological polar surface area (TPSA) is 102 Å². The van der Waals surface area contributed by atoms with Crippen molar-refractivity contribution in [3.8, 4) is 0 Å². The molecule has 8 heteroatoms. The monoisotopic (exact) mass is 345 g/mol. The van der Waals surface area contributed by atoms with Crippen molar-refractivity contribution in [2.45, 2.75) is 19.3 Å². The number of hydrogen-bond donors (Lipinski definition) is 2. The van der Waals surface area contributed by atoms with Crippen molar-refractivity contribution in [3.05, 3.63) is 68.5 Å². The van der Waals surface area contributed by atoms with Gasteiger partial charge in [-0.3, -0.25) is 14.3 Å². The van der Waals surface area contributed by atoms with E-state index in [1.54, 1.807) is 31.2 Å². The number of rotatable bonds is 4. The van der Waals surface area contributed by atoms with Crippen molar-refractivity contribution >= 4 is 5.97 Å². The molecule has 0 aliphatic carbocycles. The molecule has 2 aromatic rings. The van der Waals surface area contributed by atoms with E-state index >= 15 is 0 Å². The lowest BCUT2D eigenvalue weighted by Gasteiger charge is -2.31. The van der Waals surface area contributed by atoms with Gasteiger partial charge in [0.1, 0.15) is 12.7 Å². The average Bonchev–Trinajstić information content (AvgIpc) is 2.63. The van der Waals surface area contributed by atoms with Crippen LogP contribution in [-0.2, 0) is 9.47 Å². The van der Waals surface area contributed by atoms with E-state index < -0.39 is 29.6 Å². The molecular formula is C17H19N3O5. The zero-order valence-electron chi connectivity index (χ0n) is 13.7. The fourth-order valence-electron chi connectivity index (χ4n) is 2.57. The van der Waals surface area contributed by atoms with E-state index in [4.69, 9.17) is 9.47 Å². The number of H-pyrrole nitrogens is 1. The first-order valence-corrected chi connectivity index (χ1v) is 7.95. The molecule has 0 bridgehead atoms. The van der Waals surface area contributed by atoms with Gasteiger partial charge in [-0.15, -0.1) is 0 Å². The van der Waals surface area contributed by atoms with Gasteiger partial charge in [0.05, 0.1) is 5.56 Å². The third-order valence-corrected chi connectivity index (χ3v) is 3.91. The minimum absolute atomic E-state index is 0.0638. The number of carbonyl (C=O) groups is 1. The van der Waals surface area contributed by atoms with Gasteiger partial charge >= 0.3 is 11.7 Å². The molecule has 0 unspecified atom stereocenters. The lowest BCUT2D eigenvalue weighted by atomic mass is 10.2. The maximum atomic E-state index is 12.0. The molecule has 0 spiro atoms.